The number of nitrogens with one attached hydrogen (secondary N) is 1. The van der Waals surface area contributed by atoms with Gasteiger partial charge in [0.05, 0.1) is 7.11 Å². The van der Waals surface area contributed by atoms with Gasteiger partial charge >= 0.3 is 5.97 Å². The zero-order valence-corrected chi connectivity index (χ0v) is 10.7. The second-order valence-electron chi connectivity index (χ2n) is 4.01. The molecule has 0 aliphatic carbocycles. The summed E-state index contributed by atoms with van der Waals surface area (Å²) < 4.78 is 4.64. The average molecular weight is 227 g/mol. The lowest BCUT2D eigenvalue weighted by molar-refractivity contribution is -0.145. The number of rotatable bonds is 5. The highest BCUT2D eigenvalue weighted by atomic mass is 16.5. The molecule has 0 aromatic carbocycles. The quantitative estimate of drug-likeness (QED) is 0.574. The molecule has 0 aliphatic heterocycles. The van der Waals surface area contributed by atoms with Crippen LogP contribution in [0.3, 0.4) is 0 Å². The minimum atomic E-state index is -0.585. The number of carbonyl (C=O) groups is 2. The van der Waals surface area contributed by atoms with E-state index in [1.165, 1.54) is 7.11 Å². The molecule has 0 fully saturated rings. The average Bonchev–Trinajstić information content (AvgIpc) is 2.24. The van der Waals surface area contributed by atoms with Crippen LogP contribution in [0.5, 0.6) is 0 Å². The fraction of sp³-hybridized carbons (Fsp3) is 0.667. The predicted octanol–water partition coefficient (Wildman–Crippen LogP) is 1.66. The van der Waals surface area contributed by atoms with Crippen LogP contribution in [0.1, 0.15) is 34.1 Å². The number of amides is 1. The van der Waals surface area contributed by atoms with Crippen molar-refractivity contribution in [2.24, 2.45) is 5.92 Å². The van der Waals surface area contributed by atoms with Crippen molar-refractivity contribution in [1.29, 1.82) is 0 Å². The van der Waals surface area contributed by atoms with Crippen molar-refractivity contribution in [3.8, 4) is 0 Å². The lowest BCUT2D eigenvalue weighted by atomic mass is 10.0. The van der Waals surface area contributed by atoms with Gasteiger partial charge in [0.1, 0.15) is 6.04 Å². The fourth-order valence-corrected chi connectivity index (χ4v) is 1.28. The number of esters is 1. The summed E-state index contributed by atoms with van der Waals surface area (Å²) in [6.07, 6.45) is 2.62. The second-order valence-corrected chi connectivity index (χ2v) is 4.01. The summed E-state index contributed by atoms with van der Waals surface area (Å²) in [5.74, 6) is -0.621. The molecule has 92 valence electrons. The van der Waals surface area contributed by atoms with Crippen LogP contribution in [-0.4, -0.2) is 25.0 Å². The van der Waals surface area contributed by atoms with Gasteiger partial charge in [-0.25, -0.2) is 4.79 Å². The number of hydrogen-bond donors (Lipinski definition) is 1. The third-order valence-electron chi connectivity index (χ3n) is 2.28. The maximum atomic E-state index is 11.7. The van der Waals surface area contributed by atoms with Crippen molar-refractivity contribution < 1.29 is 14.3 Å². The number of ether oxygens (including phenoxy) is 1. The molecule has 0 bridgehead atoms. The minimum Gasteiger partial charge on any atom is -0.467 e. The molecule has 0 aromatic rings. The zero-order valence-electron chi connectivity index (χ0n) is 10.7. The van der Waals surface area contributed by atoms with Crippen molar-refractivity contribution in [2.45, 2.75) is 40.2 Å². The maximum Gasteiger partial charge on any atom is 0.328 e. The van der Waals surface area contributed by atoms with E-state index in [4.69, 9.17) is 0 Å². The summed E-state index contributed by atoms with van der Waals surface area (Å²) in [7, 11) is 1.32. The Bertz CT molecular complexity index is 282. The van der Waals surface area contributed by atoms with Gasteiger partial charge in [-0.3, -0.25) is 4.79 Å². The standard InChI is InChI=1S/C12H21NO3/c1-6-7-9(4)11(14)13-10(8(2)3)12(15)16-5/h7-8,10H,6H2,1-5H3,(H,13,14)/b9-7+. The van der Waals surface area contributed by atoms with Crippen LogP contribution in [0.15, 0.2) is 11.6 Å². The Morgan fingerprint density at radius 3 is 2.31 bits per heavy atom. The SMILES string of the molecule is CC/C=C(\C)C(=O)NC(C(=O)OC)C(C)C. The second kappa shape index (κ2) is 7.04. The molecule has 16 heavy (non-hydrogen) atoms. The van der Waals surface area contributed by atoms with Crippen molar-refractivity contribution in [1.82, 2.24) is 5.32 Å². The molecule has 1 atom stereocenters. The number of carbonyl (C=O) groups excluding carboxylic acids is 2. The van der Waals surface area contributed by atoms with E-state index in [-0.39, 0.29) is 11.8 Å². The van der Waals surface area contributed by atoms with E-state index in [1.807, 2.05) is 26.8 Å². The third-order valence-corrected chi connectivity index (χ3v) is 2.28. The summed E-state index contributed by atoms with van der Waals surface area (Å²) in [5.41, 5.74) is 0.622. The molecule has 0 rings (SSSR count). The fourth-order valence-electron chi connectivity index (χ4n) is 1.28. The van der Waals surface area contributed by atoms with E-state index in [1.54, 1.807) is 6.92 Å². The molecule has 0 spiro atoms. The van der Waals surface area contributed by atoms with Crippen LogP contribution in [0.4, 0.5) is 0 Å². The summed E-state index contributed by atoms with van der Waals surface area (Å²) in [4.78, 5) is 23.1. The van der Waals surface area contributed by atoms with E-state index >= 15 is 0 Å². The minimum absolute atomic E-state index is 0.00539. The van der Waals surface area contributed by atoms with Gasteiger partial charge in [0, 0.05) is 5.57 Å². The summed E-state index contributed by atoms with van der Waals surface area (Å²) in [6, 6.07) is -0.585. The highest BCUT2D eigenvalue weighted by Gasteiger charge is 2.24. The van der Waals surface area contributed by atoms with Gasteiger partial charge < -0.3 is 10.1 Å². The van der Waals surface area contributed by atoms with E-state index in [0.29, 0.717) is 5.57 Å². The summed E-state index contributed by atoms with van der Waals surface area (Å²) in [5, 5.41) is 2.67. The third kappa shape index (κ3) is 4.47. The van der Waals surface area contributed by atoms with Crippen LogP contribution in [0.2, 0.25) is 0 Å². The molecule has 1 N–H and O–H groups in total. The molecule has 0 aromatic heterocycles. The van der Waals surface area contributed by atoms with Crippen LogP contribution < -0.4 is 5.32 Å². The van der Waals surface area contributed by atoms with Crippen molar-refractivity contribution in [3.05, 3.63) is 11.6 Å². The van der Waals surface area contributed by atoms with E-state index in [2.05, 4.69) is 10.1 Å². The molecule has 0 radical (unpaired) electrons. The molecule has 1 unspecified atom stereocenters. The van der Waals surface area contributed by atoms with Crippen molar-refractivity contribution >= 4 is 11.9 Å². The van der Waals surface area contributed by atoms with Crippen molar-refractivity contribution in [3.63, 3.8) is 0 Å². The molecule has 4 nitrogen and oxygen atoms in total. The summed E-state index contributed by atoms with van der Waals surface area (Å²) >= 11 is 0. The van der Waals surface area contributed by atoms with Gasteiger partial charge in [-0.05, 0) is 19.3 Å². The van der Waals surface area contributed by atoms with E-state index in [9.17, 15) is 9.59 Å². The Labute approximate surface area is 97.1 Å². The number of allylic oxidation sites excluding steroid dienone is 1. The smallest absolute Gasteiger partial charge is 0.328 e. The van der Waals surface area contributed by atoms with Gasteiger partial charge in [-0.2, -0.15) is 0 Å². The lowest BCUT2D eigenvalue weighted by Crippen LogP contribution is -2.45. The molecular formula is C12H21NO3. The van der Waals surface area contributed by atoms with Gasteiger partial charge in [0.2, 0.25) is 5.91 Å². The van der Waals surface area contributed by atoms with Gasteiger partial charge in [-0.1, -0.05) is 26.8 Å². The number of hydrogen-bond acceptors (Lipinski definition) is 3. The Morgan fingerprint density at radius 1 is 1.38 bits per heavy atom. The van der Waals surface area contributed by atoms with E-state index in [0.717, 1.165) is 6.42 Å². The van der Waals surface area contributed by atoms with E-state index < -0.39 is 12.0 Å². The highest BCUT2D eigenvalue weighted by Crippen LogP contribution is 2.05. The monoisotopic (exact) mass is 227 g/mol. The van der Waals surface area contributed by atoms with Gasteiger partial charge in [0.15, 0.2) is 0 Å². The molecule has 4 heteroatoms. The topological polar surface area (TPSA) is 55.4 Å². The highest BCUT2D eigenvalue weighted by molar-refractivity contribution is 5.95. The summed E-state index contributed by atoms with van der Waals surface area (Å²) in [6.45, 7) is 7.41. The Kier molecular flexibility index (Phi) is 6.46. The van der Waals surface area contributed by atoms with Crippen LogP contribution >= 0.6 is 0 Å². The lowest BCUT2D eigenvalue weighted by Gasteiger charge is -2.19. The Hall–Kier alpha value is -1.32. The first kappa shape index (κ1) is 14.7. The van der Waals surface area contributed by atoms with Gasteiger partial charge in [0.25, 0.3) is 0 Å². The first-order chi connectivity index (χ1) is 7.43. The largest absolute Gasteiger partial charge is 0.467 e. The maximum absolute atomic E-state index is 11.7. The molecule has 0 saturated heterocycles. The Morgan fingerprint density at radius 2 is 1.94 bits per heavy atom. The van der Waals surface area contributed by atoms with Crippen molar-refractivity contribution in [2.75, 3.05) is 7.11 Å². The zero-order chi connectivity index (χ0) is 12.7. The molecule has 0 saturated carbocycles. The molecule has 0 aliphatic rings. The Balaban J connectivity index is 4.59. The van der Waals surface area contributed by atoms with Crippen LogP contribution in [-0.2, 0) is 14.3 Å². The molecule has 0 heterocycles. The predicted molar refractivity (Wildman–Crippen MR) is 62.8 cm³/mol. The first-order valence-electron chi connectivity index (χ1n) is 5.49. The number of methoxy groups -OCH3 is 1. The van der Waals surface area contributed by atoms with Gasteiger partial charge in [-0.15, -0.1) is 0 Å². The first-order valence-corrected chi connectivity index (χ1v) is 5.49. The molecule has 1 amide bonds. The molecular weight excluding hydrogens is 206 g/mol. The van der Waals surface area contributed by atoms with Crippen LogP contribution in [0.25, 0.3) is 0 Å². The van der Waals surface area contributed by atoms with Crippen LogP contribution in [0, 0.1) is 5.92 Å². The normalized spacial score (nSPS) is 13.5.